The Bertz CT molecular complexity index is 723. The third kappa shape index (κ3) is 7.59. The van der Waals surface area contributed by atoms with Gasteiger partial charge in [-0.2, -0.15) is 0 Å². The highest BCUT2D eigenvalue weighted by molar-refractivity contribution is 6.31. The van der Waals surface area contributed by atoms with Crippen molar-refractivity contribution < 1.29 is 14.2 Å². The maximum absolute atomic E-state index is 6.43. The molecule has 6 heteroatoms. The molecule has 0 saturated carbocycles. The van der Waals surface area contributed by atoms with Crippen LogP contribution in [0.4, 0.5) is 0 Å². The first-order valence-electron chi connectivity index (χ1n) is 9.05. The summed E-state index contributed by atoms with van der Waals surface area (Å²) in [5.74, 6) is 1.26. The summed E-state index contributed by atoms with van der Waals surface area (Å²) in [7, 11) is 1.62. The molecule has 0 aliphatic heterocycles. The Morgan fingerprint density at radius 2 is 1.89 bits per heavy atom. The SMILES string of the molecule is COc1cc(CNCCCOC(C)C)c(Cl)cc1OCc1cccc(Cl)c1. The molecule has 2 rings (SSSR count). The van der Waals surface area contributed by atoms with Gasteiger partial charge in [-0.05, 0) is 56.1 Å². The smallest absolute Gasteiger partial charge is 0.163 e. The van der Waals surface area contributed by atoms with Gasteiger partial charge in [-0.3, -0.25) is 0 Å². The minimum atomic E-state index is 0.267. The molecule has 0 saturated heterocycles. The minimum absolute atomic E-state index is 0.267. The van der Waals surface area contributed by atoms with E-state index in [0.29, 0.717) is 34.7 Å². The Morgan fingerprint density at radius 1 is 1.07 bits per heavy atom. The van der Waals surface area contributed by atoms with E-state index in [1.807, 2.05) is 44.2 Å². The van der Waals surface area contributed by atoms with Crippen LogP contribution in [0.1, 0.15) is 31.4 Å². The van der Waals surface area contributed by atoms with Gasteiger partial charge < -0.3 is 19.5 Å². The van der Waals surface area contributed by atoms with Crippen molar-refractivity contribution >= 4 is 23.2 Å². The molecule has 0 bridgehead atoms. The summed E-state index contributed by atoms with van der Waals surface area (Å²) in [5, 5.41) is 4.70. The Balaban J connectivity index is 1.91. The van der Waals surface area contributed by atoms with Crippen LogP contribution in [0, 0.1) is 0 Å². The Hall–Kier alpha value is -1.46. The molecule has 0 unspecified atom stereocenters. The van der Waals surface area contributed by atoms with Crippen molar-refractivity contribution in [3.63, 3.8) is 0 Å². The van der Waals surface area contributed by atoms with Crippen molar-refractivity contribution in [2.24, 2.45) is 0 Å². The first-order valence-corrected chi connectivity index (χ1v) is 9.81. The standard InChI is InChI=1S/C21H27Cl2NO3/c1-15(2)26-9-5-8-24-13-17-11-20(25-3)21(12-19(17)23)27-14-16-6-4-7-18(22)10-16/h4,6-7,10-12,15,24H,5,8-9,13-14H2,1-3H3. The van der Waals surface area contributed by atoms with E-state index in [1.54, 1.807) is 13.2 Å². The van der Waals surface area contributed by atoms with Crippen molar-refractivity contribution in [2.45, 2.75) is 39.5 Å². The lowest BCUT2D eigenvalue weighted by Gasteiger charge is -2.14. The maximum atomic E-state index is 6.43. The molecular formula is C21H27Cl2NO3. The van der Waals surface area contributed by atoms with Crippen molar-refractivity contribution in [1.29, 1.82) is 0 Å². The van der Waals surface area contributed by atoms with Gasteiger partial charge in [0.05, 0.1) is 13.2 Å². The van der Waals surface area contributed by atoms with Crippen LogP contribution < -0.4 is 14.8 Å². The highest BCUT2D eigenvalue weighted by Gasteiger charge is 2.11. The monoisotopic (exact) mass is 411 g/mol. The van der Waals surface area contributed by atoms with Crippen molar-refractivity contribution in [1.82, 2.24) is 5.32 Å². The fraction of sp³-hybridized carbons (Fsp3) is 0.429. The van der Waals surface area contributed by atoms with Crippen LogP contribution in [0.2, 0.25) is 10.0 Å². The van der Waals surface area contributed by atoms with E-state index >= 15 is 0 Å². The fourth-order valence-electron chi connectivity index (χ4n) is 2.51. The summed E-state index contributed by atoms with van der Waals surface area (Å²) < 4.78 is 16.9. The summed E-state index contributed by atoms with van der Waals surface area (Å²) in [4.78, 5) is 0. The van der Waals surface area contributed by atoms with Crippen LogP contribution in [-0.2, 0) is 17.9 Å². The molecular weight excluding hydrogens is 385 g/mol. The second-order valence-corrected chi connectivity index (χ2v) is 7.31. The molecule has 0 amide bonds. The zero-order chi connectivity index (χ0) is 19.6. The molecule has 1 N–H and O–H groups in total. The lowest BCUT2D eigenvalue weighted by molar-refractivity contribution is 0.0770. The van der Waals surface area contributed by atoms with Crippen LogP contribution in [0.15, 0.2) is 36.4 Å². The molecule has 2 aromatic carbocycles. The third-order valence-corrected chi connectivity index (χ3v) is 4.47. The van der Waals surface area contributed by atoms with E-state index in [-0.39, 0.29) is 6.10 Å². The molecule has 4 nitrogen and oxygen atoms in total. The van der Waals surface area contributed by atoms with Crippen LogP contribution in [-0.4, -0.2) is 26.4 Å². The zero-order valence-corrected chi connectivity index (χ0v) is 17.6. The minimum Gasteiger partial charge on any atom is -0.493 e. The number of halogens is 2. The van der Waals surface area contributed by atoms with Crippen molar-refractivity contribution in [2.75, 3.05) is 20.3 Å². The zero-order valence-electron chi connectivity index (χ0n) is 16.1. The topological polar surface area (TPSA) is 39.7 Å². The molecule has 0 aliphatic rings. The Labute approximate surface area is 171 Å². The number of ether oxygens (including phenoxy) is 3. The van der Waals surface area contributed by atoms with Crippen LogP contribution >= 0.6 is 23.2 Å². The Morgan fingerprint density at radius 3 is 2.59 bits per heavy atom. The van der Waals surface area contributed by atoms with E-state index in [1.165, 1.54) is 0 Å². The van der Waals surface area contributed by atoms with Gasteiger partial charge in [0.1, 0.15) is 6.61 Å². The third-order valence-electron chi connectivity index (χ3n) is 3.88. The fourth-order valence-corrected chi connectivity index (χ4v) is 2.95. The van der Waals surface area contributed by atoms with Crippen molar-refractivity contribution in [3.8, 4) is 11.5 Å². The lowest BCUT2D eigenvalue weighted by Crippen LogP contribution is -2.17. The van der Waals surface area contributed by atoms with Crippen LogP contribution in [0.5, 0.6) is 11.5 Å². The van der Waals surface area contributed by atoms with Gasteiger partial charge in [-0.25, -0.2) is 0 Å². The molecule has 2 aromatic rings. The molecule has 148 valence electrons. The quantitative estimate of drug-likeness (QED) is 0.496. The molecule has 0 heterocycles. The average molecular weight is 412 g/mol. The van der Waals surface area contributed by atoms with Gasteiger partial charge in [0, 0.05) is 29.3 Å². The van der Waals surface area contributed by atoms with E-state index in [4.69, 9.17) is 37.4 Å². The van der Waals surface area contributed by atoms with Gasteiger partial charge in [0.25, 0.3) is 0 Å². The van der Waals surface area contributed by atoms with E-state index < -0.39 is 0 Å². The second-order valence-electron chi connectivity index (χ2n) is 6.46. The highest BCUT2D eigenvalue weighted by atomic mass is 35.5. The number of hydrogen-bond acceptors (Lipinski definition) is 4. The van der Waals surface area contributed by atoms with E-state index in [9.17, 15) is 0 Å². The molecule has 0 aliphatic carbocycles. The van der Waals surface area contributed by atoms with Gasteiger partial charge in [0.15, 0.2) is 11.5 Å². The van der Waals surface area contributed by atoms with Gasteiger partial charge in [0.2, 0.25) is 0 Å². The van der Waals surface area contributed by atoms with Gasteiger partial charge in [-0.1, -0.05) is 35.3 Å². The normalized spacial score (nSPS) is 11.0. The summed E-state index contributed by atoms with van der Waals surface area (Å²) in [6.07, 6.45) is 1.22. The largest absolute Gasteiger partial charge is 0.493 e. The number of nitrogens with one attached hydrogen (secondary N) is 1. The molecule has 0 fully saturated rings. The molecule has 27 heavy (non-hydrogen) atoms. The predicted octanol–water partition coefficient (Wildman–Crippen LogP) is 5.49. The summed E-state index contributed by atoms with van der Waals surface area (Å²) in [6, 6.07) is 11.3. The van der Waals surface area contributed by atoms with Crippen LogP contribution in [0.25, 0.3) is 0 Å². The second kappa shape index (κ2) is 11.4. The average Bonchev–Trinajstić information content (AvgIpc) is 2.63. The van der Waals surface area contributed by atoms with Crippen LogP contribution in [0.3, 0.4) is 0 Å². The maximum Gasteiger partial charge on any atom is 0.163 e. The van der Waals surface area contributed by atoms with Crippen molar-refractivity contribution in [3.05, 3.63) is 57.6 Å². The summed E-state index contributed by atoms with van der Waals surface area (Å²) in [5.41, 5.74) is 1.95. The number of benzene rings is 2. The molecule has 0 spiro atoms. The van der Waals surface area contributed by atoms with E-state index in [0.717, 1.165) is 30.7 Å². The first-order chi connectivity index (χ1) is 13.0. The highest BCUT2D eigenvalue weighted by Crippen LogP contribution is 2.34. The van der Waals surface area contributed by atoms with Gasteiger partial charge >= 0.3 is 0 Å². The van der Waals surface area contributed by atoms with Gasteiger partial charge in [-0.15, -0.1) is 0 Å². The number of methoxy groups -OCH3 is 1. The lowest BCUT2D eigenvalue weighted by atomic mass is 10.2. The predicted molar refractivity (Wildman–Crippen MR) is 111 cm³/mol. The number of rotatable bonds is 11. The summed E-state index contributed by atoms with van der Waals surface area (Å²) >= 11 is 12.4. The molecule has 0 aromatic heterocycles. The molecule has 0 atom stereocenters. The Kier molecular flexibility index (Phi) is 9.22. The molecule has 0 radical (unpaired) electrons. The number of hydrogen-bond donors (Lipinski definition) is 1. The van der Waals surface area contributed by atoms with E-state index in [2.05, 4.69) is 5.32 Å². The first kappa shape index (κ1) is 21.8. The summed E-state index contributed by atoms with van der Waals surface area (Å²) in [6.45, 7) is 6.73.